The van der Waals surface area contributed by atoms with Crippen LogP contribution in [-0.4, -0.2) is 37.8 Å². The first-order valence-electron chi connectivity index (χ1n) is 9.55. The number of aromatic nitrogens is 2. The van der Waals surface area contributed by atoms with Gasteiger partial charge in [-0.25, -0.2) is 9.48 Å². The number of carbonyl (C=O) groups excluding carboxylic acids is 1. The van der Waals surface area contributed by atoms with Gasteiger partial charge in [-0.15, -0.1) is 0 Å². The van der Waals surface area contributed by atoms with Gasteiger partial charge >= 0.3 is 5.97 Å². The first-order valence-corrected chi connectivity index (χ1v) is 12.5. The maximum absolute atomic E-state index is 12.3. The third kappa shape index (κ3) is 3.89. The Hall–Kier alpha value is -1.86. The van der Waals surface area contributed by atoms with E-state index in [2.05, 4.69) is 39.0 Å². The molecule has 0 N–H and O–H groups in total. The molecule has 1 aromatic carbocycles. The number of nitrogens with zero attached hydrogens (tertiary/aromatic N) is 2. The number of rotatable bonds is 4. The number of hydrogen-bond acceptors (Lipinski definition) is 5. The highest BCUT2D eigenvalue weighted by atomic mass is 28.4. The Bertz CT molecular complexity index is 832. The van der Waals surface area contributed by atoms with E-state index in [0.29, 0.717) is 12.3 Å². The van der Waals surface area contributed by atoms with E-state index in [1.54, 1.807) is 0 Å². The normalized spacial score (nSPS) is 18.5. The summed E-state index contributed by atoms with van der Waals surface area (Å²) in [5.74, 6) is 0.322. The molecular weight excluding hydrogens is 360 g/mol. The monoisotopic (exact) mass is 390 g/mol. The summed E-state index contributed by atoms with van der Waals surface area (Å²) >= 11 is 0. The van der Waals surface area contributed by atoms with Crippen LogP contribution in [0.1, 0.15) is 56.8 Å². The molecule has 1 aromatic heterocycles. The van der Waals surface area contributed by atoms with E-state index in [0.717, 1.165) is 35.9 Å². The van der Waals surface area contributed by atoms with Crippen LogP contribution in [0.2, 0.25) is 18.1 Å². The molecule has 0 spiro atoms. The summed E-state index contributed by atoms with van der Waals surface area (Å²) in [6, 6.07) is 5.84. The maximum atomic E-state index is 12.3. The summed E-state index contributed by atoms with van der Waals surface area (Å²) < 4.78 is 19.1. The molecule has 7 heteroatoms. The second kappa shape index (κ2) is 7.28. The predicted octanol–water partition coefficient (Wildman–Crippen LogP) is 4.91. The van der Waals surface area contributed by atoms with Crippen molar-refractivity contribution in [2.24, 2.45) is 0 Å². The van der Waals surface area contributed by atoms with Crippen molar-refractivity contribution in [1.29, 1.82) is 0 Å². The third-order valence-corrected chi connectivity index (χ3v) is 10.0. The highest BCUT2D eigenvalue weighted by molar-refractivity contribution is 6.74. The van der Waals surface area contributed by atoms with Crippen LogP contribution in [0.4, 0.5) is 0 Å². The molecule has 0 radical (unpaired) electrons. The molecule has 148 valence electrons. The third-order valence-electron chi connectivity index (χ3n) is 5.66. The number of carbonyl (C=O) groups is 1. The Morgan fingerprint density at radius 1 is 1.30 bits per heavy atom. The van der Waals surface area contributed by atoms with Gasteiger partial charge in [0.2, 0.25) is 8.32 Å². The van der Waals surface area contributed by atoms with Gasteiger partial charge < -0.3 is 13.9 Å². The van der Waals surface area contributed by atoms with Crippen molar-refractivity contribution in [2.75, 3.05) is 13.7 Å². The van der Waals surface area contributed by atoms with E-state index in [4.69, 9.17) is 13.9 Å². The van der Waals surface area contributed by atoms with E-state index in [9.17, 15) is 4.79 Å². The Morgan fingerprint density at radius 3 is 2.63 bits per heavy atom. The predicted molar refractivity (Wildman–Crippen MR) is 108 cm³/mol. The first-order chi connectivity index (χ1) is 12.6. The van der Waals surface area contributed by atoms with Crippen LogP contribution >= 0.6 is 0 Å². The van der Waals surface area contributed by atoms with E-state index in [1.165, 1.54) is 7.11 Å². The van der Waals surface area contributed by atoms with Crippen LogP contribution in [-0.2, 0) is 9.47 Å². The largest absolute Gasteiger partial charge is 0.543 e. The lowest BCUT2D eigenvalue weighted by atomic mass is 10.1. The SMILES string of the molecule is COC(=O)c1nn(C2CCCCO2)c2ccc(O[Si](C)(C)C(C)(C)C)cc12. The van der Waals surface area contributed by atoms with E-state index in [1.807, 2.05) is 22.9 Å². The van der Waals surface area contributed by atoms with E-state index < -0.39 is 14.3 Å². The van der Waals surface area contributed by atoms with Gasteiger partial charge in [0.15, 0.2) is 11.9 Å². The highest BCUT2D eigenvalue weighted by Gasteiger charge is 2.39. The molecule has 0 saturated carbocycles. The molecule has 1 aliphatic heterocycles. The van der Waals surface area contributed by atoms with Gasteiger partial charge in [-0.05, 0) is 55.6 Å². The zero-order chi connectivity index (χ0) is 19.8. The average Bonchev–Trinajstić information content (AvgIpc) is 2.99. The molecule has 0 amide bonds. The number of methoxy groups -OCH3 is 1. The topological polar surface area (TPSA) is 62.6 Å². The molecule has 1 saturated heterocycles. The van der Waals surface area contributed by atoms with Gasteiger partial charge in [-0.2, -0.15) is 5.10 Å². The lowest BCUT2D eigenvalue weighted by molar-refractivity contribution is -0.0369. The van der Waals surface area contributed by atoms with Gasteiger partial charge in [0.1, 0.15) is 5.75 Å². The Labute approximate surface area is 161 Å². The van der Waals surface area contributed by atoms with Crippen molar-refractivity contribution in [2.45, 2.75) is 64.4 Å². The first kappa shape index (κ1) is 19.9. The van der Waals surface area contributed by atoms with Crippen LogP contribution in [0, 0.1) is 0 Å². The van der Waals surface area contributed by atoms with E-state index >= 15 is 0 Å². The van der Waals surface area contributed by atoms with Crippen molar-refractivity contribution in [3.63, 3.8) is 0 Å². The molecule has 0 aliphatic carbocycles. The van der Waals surface area contributed by atoms with Crippen LogP contribution in [0.5, 0.6) is 5.75 Å². The molecule has 27 heavy (non-hydrogen) atoms. The van der Waals surface area contributed by atoms with Gasteiger partial charge in [0, 0.05) is 12.0 Å². The fraction of sp³-hybridized carbons (Fsp3) is 0.600. The fourth-order valence-corrected chi connectivity index (χ4v) is 4.04. The zero-order valence-electron chi connectivity index (χ0n) is 17.2. The standard InChI is InChI=1S/C20H30N2O4Si/c1-20(2,3)27(5,6)26-14-10-11-16-15(13-14)18(19(23)24-4)21-22(16)17-9-7-8-12-25-17/h10-11,13,17H,7-9,12H2,1-6H3. The lowest BCUT2D eigenvalue weighted by Crippen LogP contribution is -2.43. The van der Waals surface area contributed by atoms with Crippen molar-refractivity contribution < 1.29 is 18.7 Å². The molecule has 0 bridgehead atoms. The van der Waals surface area contributed by atoms with Crippen molar-refractivity contribution in [3.05, 3.63) is 23.9 Å². The minimum atomic E-state index is -1.98. The summed E-state index contributed by atoms with van der Waals surface area (Å²) in [6.07, 6.45) is 2.89. The molecule has 1 fully saturated rings. The molecule has 1 aliphatic rings. The number of ether oxygens (including phenoxy) is 2. The smallest absolute Gasteiger partial charge is 0.359 e. The Kier molecular flexibility index (Phi) is 5.36. The molecule has 1 unspecified atom stereocenters. The van der Waals surface area contributed by atoms with E-state index in [-0.39, 0.29) is 11.3 Å². The quantitative estimate of drug-likeness (QED) is 0.548. The number of esters is 1. The molecule has 2 heterocycles. The molecule has 2 aromatic rings. The molecule has 6 nitrogen and oxygen atoms in total. The Balaban J connectivity index is 2.05. The van der Waals surface area contributed by atoms with Crippen LogP contribution in [0.15, 0.2) is 18.2 Å². The van der Waals surface area contributed by atoms with Crippen LogP contribution in [0.3, 0.4) is 0 Å². The molecular formula is C20H30N2O4Si. The van der Waals surface area contributed by atoms with Crippen molar-refractivity contribution in [3.8, 4) is 5.75 Å². The second-order valence-electron chi connectivity index (χ2n) is 8.65. The number of fused-ring (bicyclic) bond motifs is 1. The highest BCUT2D eigenvalue weighted by Crippen LogP contribution is 2.38. The van der Waals surface area contributed by atoms with Crippen LogP contribution in [0.25, 0.3) is 10.9 Å². The van der Waals surface area contributed by atoms with Crippen molar-refractivity contribution >= 4 is 25.2 Å². The number of benzene rings is 1. The zero-order valence-corrected chi connectivity index (χ0v) is 18.2. The minimum Gasteiger partial charge on any atom is -0.543 e. The maximum Gasteiger partial charge on any atom is 0.359 e. The summed E-state index contributed by atoms with van der Waals surface area (Å²) in [5, 5.41) is 5.38. The second-order valence-corrected chi connectivity index (χ2v) is 13.4. The summed E-state index contributed by atoms with van der Waals surface area (Å²) in [7, 11) is -0.604. The average molecular weight is 391 g/mol. The van der Waals surface area contributed by atoms with Gasteiger partial charge in [0.25, 0.3) is 0 Å². The Morgan fingerprint density at radius 2 is 2.04 bits per heavy atom. The minimum absolute atomic E-state index is 0.0905. The molecule has 1 atom stereocenters. The summed E-state index contributed by atoms with van der Waals surface area (Å²) in [5.41, 5.74) is 1.17. The van der Waals surface area contributed by atoms with Gasteiger partial charge in [-0.1, -0.05) is 20.8 Å². The van der Waals surface area contributed by atoms with Crippen LogP contribution < -0.4 is 4.43 Å². The molecule has 3 rings (SSSR count). The van der Waals surface area contributed by atoms with Gasteiger partial charge in [-0.3, -0.25) is 0 Å². The number of hydrogen-bond donors (Lipinski definition) is 0. The fourth-order valence-electron chi connectivity index (χ4n) is 3.01. The summed E-state index contributed by atoms with van der Waals surface area (Å²) in [6.45, 7) is 11.7. The summed E-state index contributed by atoms with van der Waals surface area (Å²) in [4.78, 5) is 12.3. The lowest BCUT2D eigenvalue weighted by Gasteiger charge is -2.36. The van der Waals surface area contributed by atoms with Crippen molar-refractivity contribution in [1.82, 2.24) is 9.78 Å². The van der Waals surface area contributed by atoms with Gasteiger partial charge in [0.05, 0.1) is 12.6 Å².